The summed E-state index contributed by atoms with van der Waals surface area (Å²) in [5, 5.41) is 8.59. The lowest BCUT2D eigenvalue weighted by Crippen LogP contribution is -2.32. The fourth-order valence-electron chi connectivity index (χ4n) is 2.50. The lowest BCUT2D eigenvalue weighted by Gasteiger charge is -2.23. The van der Waals surface area contributed by atoms with Crippen LogP contribution in [0.3, 0.4) is 0 Å². The van der Waals surface area contributed by atoms with Gasteiger partial charge in [0.25, 0.3) is 0 Å². The van der Waals surface area contributed by atoms with Crippen LogP contribution in [0.15, 0.2) is 24.3 Å². The van der Waals surface area contributed by atoms with E-state index in [9.17, 15) is 22.8 Å². The van der Waals surface area contributed by atoms with Crippen LogP contribution in [0.5, 0.6) is 0 Å². The van der Waals surface area contributed by atoms with Crippen molar-refractivity contribution in [3.8, 4) is 0 Å². The molecule has 132 valence electrons. The number of benzene rings is 1. The van der Waals surface area contributed by atoms with Crippen LogP contribution in [0, 0.1) is 0 Å². The molecule has 0 heterocycles. The number of hydrogen-bond acceptors (Lipinski definition) is 2. The van der Waals surface area contributed by atoms with Crippen LogP contribution < -0.4 is 0 Å². The molecule has 24 heavy (non-hydrogen) atoms. The maximum atomic E-state index is 12.6. The predicted octanol–water partition coefficient (Wildman–Crippen LogP) is 3.84. The number of carbonyl (C=O) groups is 2. The molecule has 0 bridgehead atoms. The number of nitrogens with zero attached hydrogens (tertiary/aromatic N) is 1. The molecule has 0 unspecified atom stereocenters. The van der Waals surface area contributed by atoms with Crippen LogP contribution in [0.1, 0.15) is 49.7 Å². The molecule has 0 saturated heterocycles. The summed E-state index contributed by atoms with van der Waals surface area (Å²) in [7, 11) is 0. The summed E-state index contributed by atoms with van der Waals surface area (Å²) < 4.78 is 37.7. The topological polar surface area (TPSA) is 57.6 Å². The maximum Gasteiger partial charge on any atom is 0.416 e. The average molecular weight is 343 g/mol. The first-order valence-electron chi connectivity index (χ1n) is 7.95. The smallest absolute Gasteiger partial charge is 0.416 e. The van der Waals surface area contributed by atoms with E-state index < -0.39 is 17.7 Å². The summed E-state index contributed by atoms with van der Waals surface area (Å²) >= 11 is 0. The first-order chi connectivity index (χ1) is 11.3. The zero-order valence-electron chi connectivity index (χ0n) is 13.2. The van der Waals surface area contributed by atoms with E-state index in [1.54, 1.807) is 4.90 Å². The van der Waals surface area contributed by atoms with Gasteiger partial charge in [0, 0.05) is 25.4 Å². The Hall–Kier alpha value is -2.05. The summed E-state index contributed by atoms with van der Waals surface area (Å²) in [5.41, 5.74) is -0.0435. The highest BCUT2D eigenvalue weighted by Crippen LogP contribution is 2.31. The Labute approximate surface area is 138 Å². The van der Waals surface area contributed by atoms with E-state index in [2.05, 4.69) is 0 Å². The van der Waals surface area contributed by atoms with Crippen molar-refractivity contribution in [2.75, 3.05) is 0 Å². The summed E-state index contributed by atoms with van der Waals surface area (Å²) in [4.78, 5) is 24.5. The van der Waals surface area contributed by atoms with Gasteiger partial charge in [0.2, 0.25) is 5.91 Å². The second kappa shape index (κ2) is 7.68. The van der Waals surface area contributed by atoms with Crippen molar-refractivity contribution in [3.63, 3.8) is 0 Å². The molecule has 1 saturated carbocycles. The number of carboxylic acids is 1. The first-order valence-corrected chi connectivity index (χ1v) is 7.95. The van der Waals surface area contributed by atoms with Crippen molar-refractivity contribution in [2.24, 2.45) is 0 Å². The van der Waals surface area contributed by atoms with Crippen LogP contribution in [0.25, 0.3) is 0 Å². The quantitative estimate of drug-likeness (QED) is 0.730. The second-order valence-corrected chi connectivity index (χ2v) is 6.05. The Balaban J connectivity index is 1.91. The van der Waals surface area contributed by atoms with Crippen molar-refractivity contribution in [1.29, 1.82) is 0 Å². The van der Waals surface area contributed by atoms with E-state index in [1.807, 2.05) is 0 Å². The molecule has 0 spiro atoms. The van der Waals surface area contributed by atoms with Crippen LogP contribution >= 0.6 is 0 Å². The molecule has 4 nitrogen and oxygen atoms in total. The molecular formula is C17H20F3NO3. The molecule has 7 heteroatoms. The molecule has 1 aromatic rings. The molecule has 1 aliphatic rings. The van der Waals surface area contributed by atoms with Gasteiger partial charge >= 0.3 is 12.1 Å². The van der Waals surface area contributed by atoms with Crippen LogP contribution in [-0.2, 0) is 22.3 Å². The van der Waals surface area contributed by atoms with Gasteiger partial charge < -0.3 is 10.0 Å². The highest BCUT2D eigenvalue weighted by molar-refractivity contribution is 5.77. The molecule has 0 radical (unpaired) electrons. The monoisotopic (exact) mass is 343 g/mol. The lowest BCUT2D eigenvalue weighted by molar-refractivity contribution is -0.138. The number of hydrogen-bond donors (Lipinski definition) is 1. The number of carbonyl (C=O) groups excluding carboxylic acids is 1. The minimum Gasteiger partial charge on any atom is -0.481 e. The Morgan fingerprint density at radius 2 is 1.67 bits per heavy atom. The van der Waals surface area contributed by atoms with Crippen LogP contribution in [0.4, 0.5) is 13.2 Å². The van der Waals surface area contributed by atoms with E-state index in [1.165, 1.54) is 12.1 Å². The average Bonchev–Trinajstić information content (AvgIpc) is 3.33. The van der Waals surface area contributed by atoms with Crippen LogP contribution in [-0.4, -0.2) is 27.9 Å². The fourth-order valence-corrected chi connectivity index (χ4v) is 2.50. The first kappa shape index (κ1) is 18.3. The number of alkyl halides is 3. The normalized spacial score (nSPS) is 14.5. The van der Waals surface area contributed by atoms with Crippen molar-refractivity contribution in [1.82, 2.24) is 4.90 Å². The molecular weight excluding hydrogens is 323 g/mol. The Morgan fingerprint density at radius 1 is 1.08 bits per heavy atom. The minimum atomic E-state index is -4.37. The standard InChI is InChI=1S/C17H20F3NO3/c18-17(19,20)13-7-5-12(6-8-13)11-21(14-9-10-14)15(22)3-1-2-4-16(23)24/h5-8,14H,1-4,9-11H2,(H,23,24). The van der Waals surface area contributed by atoms with Gasteiger partial charge in [-0.1, -0.05) is 12.1 Å². The molecule has 0 aromatic heterocycles. The van der Waals surface area contributed by atoms with Crippen molar-refractivity contribution >= 4 is 11.9 Å². The number of aliphatic carboxylic acids is 1. The summed E-state index contributed by atoms with van der Waals surface area (Å²) in [6.07, 6.45) is -1.31. The molecule has 1 N–H and O–H groups in total. The SMILES string of the molecule is O=C(O)CCCCC(=O)N(Cc1ccc(C(F)(F)F)cc1)C1CC1. The number of unbranched alkanes of at least 4 members (excludes halogenated alkanes) is 1. The summed E-state index contributed by atoms with van der Waals surface area (Å²) in [6, 6.07) is 5.00. The lowest BCUT2D eigenvalue weighted by atomic mass is 10.1. The van der Waals surface area contributed by atoms with Crippen molar-refractivity contribution < 1.29 is 27.9 Å². The Morgan fingerprint density at radius 3 is 2.17 bits per heavy atom. The highest BCUT2D eigenvalue weighted by atomic mass is 19.4. The van der Waals surface area contributed by atoms with Crippen LogP contribution in [0.2, 0.25) is 0 Å². The largest absolute Gasteiger partial charge is 0.481 e. The van der Waals surface area contributed by atoms with E-state index in [4.69, 9.17) is 5.11 Å². The van der Waals surface area contributed by atoms with Crippen molar-refractivity contribution in [2.45, 2.75) is 57.3 Å². The van der Waals surface area contributed by atoms with E-state index >= 15 is 0 Å². The Kier molecular flexibility index (Phi) is 5.85. The van der Waals surface area contributed by atoms with E-state index in [-0.39, 0.29) is 24.8 Å². The molecule has 1 amide bonds. The molecule has 0 aliphatic heterocycles. The maximum absolute atomic E-state index is 12.6. The number of rotatable bonds is 8. The van der Waals surface area contributed by atoms with Gasteiger partial charge in [-0.25, -0.2) is 0 Å². The molecule has 0 atom stereocenters. The zero-order chi connectivity index (χ0) is 17.7. The molecule has 1 aromatic carbocycles. The van der Waals surface area contributed by atoms with E-state index in [0.717, 1.165) is 25.0 Å². The van der Waals surface area contributed by atoms with Gasteiger partial charge in [0.1, 0.15) is 0 Å². The van der Waals surface area contributed by atoms with Crippen molar-refractivity contribution in [3.05, 3.63) is 35.4 Å². The molecule has 1 aliphatic carbocycles. The van der Waals surface area contributed by atoms with E-state index in [0.29, 0.717) is 24.9 Å². The molecule has 2 rings (SSSR count). The van der Waals surface area contributed by atoms with Gasteiger partial charge in [-0.3, -0.25) is 9.59 Å². The minimum absolute atomic E-state index is 0.0373. The van der Waals surface area contributed by atoms with Gasteiger partial charge in [-0.15, -0.1) is 0 Å². The van der Waals surface area contributed by atoms with Gasteiger partial charge in [-0.05, 0) is 43.4 Å². The summed E-state index contributed by atoms with van der Waals surface area (Å²) in [5.74, 6) is -0.950. The third kappa shape index (κ3) is 5.54. The number of carboxylic acid groups (broad SMARTS) is 1. The second-order valence-electron chi connectivity index (χ2n) is 6.05. The van der Waals surface area contributed by atoms with Gasteiger partial charge in [0.15, 0.2) is 0 Å². The molecule has 1 fully saturated rings. The Bertz CT molecular complexity index is 580. The fraction of sp³-hybridized carbons (Fsp3) is 0.529. The third-order valence-electron chi connectivity index (χ3n) is 3.97. The third-order valence-corrected chi connectivity index (χ3v) is 3.97. The zero-order valence-corrected chi connectivity index (χ0v) is 13.2. The predicted molar refractivity (Wildman–Crippen MR) is 81.1 cm³/mol. The van der Waals surface area contributed by atoms with Gasteiger partial charge in [-0.2, -0.15) is 13.2 Å². The summed E-state index contributed by atoms with van der Waals surface area (Å²) in [6.45, 7) is 0.292. The number of halogens is 3. The van der Waals surface area contributed by atoms with Gasteiger partial charge in [0.05, 0.1) is 5.56 Å². The number of amides is 1. The highest BCUT2D eigenvalue weighted by Gasteiger charge is 2.33.